The van der Waals surface area contributed by atoms with Crippen LogP contribution in [0.5, 0.6) is 0 Å². The molecule has 0 aliphatic carbocycles. The third-order valence-corrected chi connectivity index (χ3v) is 0.424. The molecule has 0 spiro atoms. The molecule has 3 nitrogen and oxygen atoms in total. The molecule has 7 heavy (non-hydrogen) atoms. The number of ether oxygens (including phenoxy) is 1. The summed E-state index contributed by atoms with van der Waals surface area (Å²) in [5.41, 5.74) is 0. The lowest BCUT2D eigenvalue weighted by atomic mass is 10.7. The number of hydrogen-bond donors (Lipinski definition) is 0. The van der Waals surface area contributed by atoms with E-state index in [1.54, 1.807) is 6.92 Å². The minimum absolute atomic E-state index is 0.295. The van der Waals surface area contributed by atoms with Gasteiger partial charge in [-0.25, -0.2) is 9.90 Å². The molecule has 0 bridgehead atoms. The molecule has 0 aromatic rings. The fourth-order valence-electron chi connectivity index (χ4n) is 0.185. The predicted molar refractivity (Wildman–Crippen MR) is 22.2 cm³/mol. The second-order valence-electron chi connectivity index (χ2n) is 1.01. The number of carbonyl (C=O) groups is 1. The van der Waals surface area contributed by atoms with E-state index in [9.17, 15) is 9.90 Å². The van der Waals surface area contributed by atoms with Crippen LogP contribution >= 0.6 is 0 Å². The zero-order valence-electron chi connectivity index (χ0n) is 4.14. The molecule has 0 saturated carbocycles. The van der Waals surface area contributed by atoms with Crippen LogP contribution in [0.4, 0.5) is 0 Å². The van der Waals surface area contributed by atoms with Crippen LogP contribution in [0.3, 0.4) is 0 Å². The molecule has 0 aliphatic rings. The largest absolute Gasteiger partial charge is 0.380 e. The maximum Gasteiger partial charge on any atom is 0.380 e. The molecule has 0 rings (SSSR count). The summed E-state index contributed by atoms with van der Waals surface area (Å²) in [4.78, 5) is 9.52. The van der Waals surface area contributed by atoms with Crippen molar-refractivity contribution in [2.45, 2.75) is 6.92 Å². The van der Waals surface area contributed by atoms with Crippen LogP contribution in [0, 0.1) is 0 Å². The second-order valence-corrected chi connectivity index (χ2v) is 1.01. The van der Waals surface area contributed by atoms with Gasteiger partial charge in [0.25, 0.3) is 0 Å². The van der Waals surface area contributed by atoms with Crippen LogP contribution in [-0.4, -0.2) is 19.2 Å². The molecule has 0 N–H and O–H groups in total. The van der Waals surface area contributed by atoms with Gasteiger partial charge in [-0.2, -0.15) is 0 Å². The average molecular weight is 103 g/mol. The van der Waals surface area contributed by atoms with Crippen LogP contribution in [0.2, 0.25) is 0 Å². The Morgan fingerprint density at radius 3 is 2.43 bits per heavy atom. The summed E-state index contributed by atoms with van der Waals surface area (Å²) >= 11 is 0. The average Bonchev–Trinajstić information content (AvgIpc) is 1.61. The van der Waals surface area contributed by atoms with Crippen molar-refractivity contribution in [1.82, 2.24) is 0 Å². The Kier molecular flexibility index (Phi) is 3.32. The van der Waals surface area contributed by atoms with Crippen LogP contribution in [0.1, 0.15) is 6.92 Å². The molecular weight excluding hydrogens is 96.0 g/mol. The number of carbonyl (C=O) groups excluding carboxylic acids is 1. The zero-order chi connectivity index (χ0) is 5.70. The molecule has 0 heterocycles. The lowest BCUT2D eigenvalue weighted by Crippen LogP contribution is -2.04. The monoisotopic (exact) mass is 103 g/mol. The maximum absolute atomic E-state index is 9.52. The molecular formula is C4H7O3. The molecule has 0 unspecified atom stereocenters. The Balaban J connectivity index is 2.82. The van der Waals surface area contributed by atoms with Gasteiger partial charge in [0.1, 0.15) is 6.61 Å². The Hall–Kier alpha value is -0.570. The Morgan fingerprint density at radius 1 is 1.71 bits per heavy atom. The van der Waals surface area contributed by atoms with Crippen LogP contribution in [-0.2, 0) is 14.6 Å². The smallest absolute Gasteiger partial charge is 0.370 e. The SMILES string of the molecule is CCOCC([O])=O. The van der Waals surface area contributed by atoms with Gasteiger partial charge >= 0.3 is 5.97 Å². The standard InChI is InChI=1S/C4H7O3/c1-2-7-3-4(5)6/h2-3H2,1H3. The highest BCUT2D eigenvalue weighted by Gasteiger charge is 1.94. The topological polar surface area (TPSA) is 46.2 Å². The minimum atomic E-state index is -1.16. The van der Waals surface area contributed by atoms with Crippen molar-refractivity contribution in [3.8, 4) is 0 Å². The molecule has 0 aromatic heterocycles. The maximum atomic E-state index is 9.52. The Bertz CT molecular complexity index is 60.0. The fraction of sp³-hybridized carbons (Fsp3) is 0.750. The van der Waals surface area contributed by atoms with E-state index in [4.69, 9.17) is 0 Å². The molecule has 0 saturated heterocycles. The number of rotatable bonds is 3. The van der Waals surface area contributed by atoms with Gasteiger partial charge < -0.3 is 4.74 Å². The van der Waals surface area contributed by atoms with E-state index in [2.05, 4.69) is 4.74 Å². The highest BCUT2D eigenvalue weighted by molar-refractivity contribution is 5.67. The van der Waals surface area contributed by atoms with E-state index in [1.807, 2.05) is 0 Å². The van der Waals surface area contributed by atoms with Crippen molar-refractivity contribution >= 4 is 5.97 Å². The van der Waals surface area contributed by atoms with Crippen molar-refractivity contribution in [2.75, 3.05) is 13.2 Å². The van der Waals surface area contributed by atoms with Gasteiger partial charge in [0.15, 0.2) is 0 Å². The van der Waals surface area contributed by atoms with Gasteiger partial charge in [-0.1, -0.05) is 0 Å². The lowest BCUT2D eigenvalue weighted by molar-refractivity contribution is -0.148. The van der Waals surface area contributed by atoms with E-state index >= 15 is 0 Å². The molecule has 41 valence electrons. The third kappa shape index (κ3) is 5.43. The number of hydrogen-bond acceptors (Lipinski definition) is 2. The Morgan fingerprint density at radius 2 is 2.29 bits per heavy atom. The molecule has 0 atom stereocenters. The first-order valence-corrected chi connectivity index (χ1v) is 2.05. The zero-order valence-corrected chi connectivity index (χ0v) is 4.14. The summed E-state index contributed by atoms with van der Waals surface area (Å²) in [5, 5.41) is 9.52. The molecule has 0 fully saturated rings. The molecule has 0 amide bonds. The van der Waals surface area contributed by atoms with E-state index in [1.165, 1.54) is 0 Å². The van der Waals surface area contributed by atoms with Crippen molar-refractivity contribution in [3.05, 3.63) is 0 Å². The van der Waals surface area contributed by atoms with E-state index < -0.39 is 5.97 Å². The van der Waals surface area contributed by atoms with Crippen molar-refractivity contribution in [1.29, 1.82) is 0 Å². The second kappa shape index (κ2) is 3.61. The first-order valence-electron chi connectivity index (χ1n) is 2.05. The van der Waals surface area contributed by atoms with Gasteiger partial charge in [0, 0.05) is 6.61 Å². The van der Waals surface area contributed by atoms with Crippen LogP contribution in [0.15, 0.2) is 0 Å². The summed E-state index contributed by atoms with van der Waals surface area (Å²) in [6.07, 6.45) is 0. The van der Waals surface area contributed by atoms with Gasteiger partial charge in [0.05, 0.1) is 0 Å². The van der Waals surface area contributed by atoms with E-state index in [-0.39, 0.29) is 6.61 Å². The quantitative estimate of drug-likeness (QED) is 0.504. The summed E-state index contributed by atoms with van der Waals surface area (Å²) in [6.45, 7) is 1.85. The normalized spacial score (nSPS) is 8.71. The van der Waals surface area contributed by atoms with Crippen molar-refractivity contribution in [3.63, 3.8) is 0 Å². The van der Waals surface area contributed by atoms with Gasteiger partial charge in [0.2, 0.25) is 0 Å². The Labute approximate surface area is 41.9 Å². The van der Waals surface area contributed by atoms with Crippen molar-refractivity contribution < 1.29 is 14.6 Å². The van der Waals surface area contributed by atoms with Gasteiger partial charge in [-0.3, -0.25) is 0 Å². The third-order valence-electron chi connectivity index (χ3n) is 0.424. The fourth-order valence-corrected chi connectivity index (χ4v) is 0.185. The summed E-state index contributed by atoms with van der Waals surface area (Å²) in [7, 11) is 0. The molecule has 3 heteroatoms. The summed E-state index contributed by atoms with van der Waals surface area (Å²) in [5.74, 6) is -1.16. The predicted octanol–water partition coefficient (Wildman–Crippen LogP) is -0.0200. The first-order chi connectivity index (χ1) is 3.27. The van der Waals surface area contributed by atoms with E-state index in [0.29, 0.717) is 6.61 Å². The van der Waals surface area contributed by atoms with E-state index in [0.717, 1.165) is 0 Å². The molecule has 1 radical (unpaired) electrons. The highest BCUT2D eigenvalue weighted by Crippen LogP contribution is 1.70. The first kappa shape index (κ1) is 6.43. The molecule has 0 aliphatic heterocycles. The summed E-state index contributed by atoms with van der Waals surface area (Å²) < 4.78 is 4.43. The summed E-state index contributed by atoms with van der Waals surface area (Å²) in [6, 6.07) is 0. The van der Waals surface area contributed by atoms with Gasteiger partial charge in [-0.05, 0) is 6.92 Å². The lowest BCUT2D eigenvalue weighted by Gasteiger charge is -1.88. The van der Waals surface area contributed by atoms with Gasteiger partial charge in [-0.15, -0.1) is 0 Å². The van der Waals surface area contributed by atoms with Crippen LogP contribution < -0.4 is 0 Å². The highest BCUT2D eigenvalue weighted by atomic mass is 16.5. The van der Waals surface area contributed by atoms with Crippen LogP contribution in [0.25, 0.3) is 0 Å². The minimum Gasteiger partial charge on any atom is -0.370 e. The molecule has 0 aromatic carbocycles. The van der Waals surface area contributed by atoms with Crippen molar-refractivity contribution in [2.24, 2.45) is 0 Å².